The SMILES string of the molecule is CC(NC(=O)NCCCN(C)c1ccccc1)c1nncn1C. The van der Waals surface area contributed by atoms with Gasteiger partial charge in [-0.1, -0.05) is 18.2 Å². The Kier molecular flexibility index (Phi) is 5.96. The predicted molar refractivity (Wildman–Crippen MR) is 90.3 cm³/mol. The third-order valence-electron chi connectivity index (χ3n) is 3.63. The summed E-state index contributed by atoms with van der Waals surface area (Å²) in [5.74, 6) is 0.726. The first-order valence-corrected chi connectivity index (χ1v) is 7.72. The van der Waals surface area contributed by atoms with Gasteiger partial charge in [-0.05, 0) is 25.5 Å². The molecule has 0 bridgehead atoms. The van der Waals surface area contributed by atoms with Gasteiger partial charge in [0, 0.05) is 32.9 Å². The molecular formula is C16H24N6O. The molecule has 1 unspecified atom stereocenters. The van der Waals surface area contributed by atoms with Gasteiger partial charge in [0.05, 0.1) is 6.04 Å². The summed E-state index contributed by atoms with van der Waals surface area (Å²) in [7, 11) is 3.90. The maximum Gasteiger partial charge on any atom is 0.315 e. The van der Waals surface area contributed by atoms with Gasteiger partial charge < -0.3 is 20.1 Å². The van der Waals surface area contributed by atoms with Crippen LogP contribution in [0.4, 0.5) is 10.5 Å². The monoisotopic (exact) mass is 316 g/mol. The van der Waals surface area contributed by atoms with Gasteiger partial charge in [0.1, 0.15) is 6.33 Å². The summed E-state index contributed by atoms with van der Waals surface area (Å²) in [6.07, 6.45) is 2.49. The zero-order valence-corrected chi connectivity index (χ0v) is 13.9. The largest absolute Gasteiger partial charge is 0.375 e. The molecule has 2 rings (SSSR count). The number of carbonyl (C=O) groups excluding carboxylic acids is 1. The number of benzene rings is 1. The zero-order chi connectivity index (χ0) is 16.7. The van der Waals surface area contributed by atoms with Crippen molar-refractivity contribution in [2.45, 2.75) is 19.4 Å². The summed E-state index contributed by atoms with van der Waals surface area (Å²) in [5, 5.41) is 13.5. The van der Waals surface area contributed by atoms with E-state index in [4.69, 9.17) is 0 Å². The maximum atomic E-state index is 11.9. The van der Waals surface area contributed by atoms with Crippen molar-refractivity contribution in [1.29, 1.82) is 0 Å². The molecule has 2 N–H and O–H groups in total. The molecule has 0 radical (unpaired) electrons. The van der Waals surface area contributed by atoms with E-state index in [9.17, 15) is 4.79 Å². The van der Waals surface area contributed by atoms with Crippen LogP contribution in [0.15, 0.2) is 36.7 Å². The molecule has 124 valence electrons. The number of para-hydroxylation sites is 1. The second-order valence-corrected chi connectivity index (χ2v) is 5.53. The quantitative estimate of drug-likeness (QED) is 0.763. The fraction of sp³-hybridized carbons (Fsp3) is 0.438. The minimum atomic E-state index is -0.192. The van der Waals surface area contributed by atoms with Gasteiger partial charge in [0.15, 0.2) is 5.82 Å². The van der Waals surface area contributed by atoms with Crippen LogP contribution in [-0.2, 0) is 7.05 Å². The Morgan fingerprint density at radius 1 is 1.35 bits per heavy atom. The summed E-state index contributed by atoms with van der Waals surface area (Å²) in [5.41, 5.74) is 1.17. The second-order valence-electron chi connectivity index (χ2n) is 5.53. The number of amides is 2. The smallest absolute Gasteiger partial charge is 0.315 e. The molecule has 2 amide bonds. The molecule has 1 heterocycles. The number of aryl methyl sites for hydroxylation is 1. The lowest BCUT2D eigenvalue weighted by atomic mass is 10.3. The van der Waals surface area contributed by atoms with Gasteiger partial charge >= 0.3 is 6.03 Å². The van der Waals surface area contributed by atoms with Gasteiger partial charge in [0.25, 0.3) is 0 Å². The number of carbonyl (C=O) groups is 1. The highest BCUT2D eigenvalue weighted by molar-refractivity contribution is 5.74. The molecule has 0 spiro atoms. The molecule has 0 saturated heterocycles. The van der Waals surface area contributed by atoms with Crippen LogP contribution < -0.4 is 15.5 Å². The molecule has 0 aliphatic heterocycles. The summed E-state index contributed by atoms with van der Waals surface area (Å²) < 4.78 is 1.79. The first-order valence-electron chi connectivity index (χ1n) is 7.72. The average Bonchev–Trinajstić information content (AvgIpc) is 2.98. The third-order valence-corrected chi connectivity index (χ3v) is 3.63. The fourth-order valence-electron chi connectivity index (χ4n) is 2.33. The first kappa shape index (κ1) is 16.8. The lowest BCUT2D eigenvalue weighted by Crippen LogP contribution is -2.39. The van der Waals surface area contributed by atoms with E-state index in [1.165, 1.54) is 5.69 Å². The molecule has 7 heteroatoms. The van der Waals surface area contributed by atoms with Crippen molar-refractivity contribution >= 4 is 11.7 Å². The van der Waals surface area contributed by atoms with Crippen LogP contribution in [0.5, 0.6) is 0 Å². The van der Waals surface area contributed by atoms with E-state index in [1.807, 2.05) is 39.2 Å². The van der Waals surface area contributed by atoms with Gasteiger partial charge in [-0.25, -0.2) is 4.79 Å². The van der Waals surface area contributed by atoms with E-state index >= 15 is 0 Å². The molecule has 2 aromatic rings. The summed E-state index contributed by atoms with van der Waals surface area (Å²) in [6, 6.07) is 9.81. The fourth-order valence-corrected chi connectivity index (χ4v) is 2.33. The second kappa shape index (κ2) is 8.17. The van der Waals surface area contributed by atoms with Crippen LogP contribution >= 0.6 is 0 Å². The molecule has 7 nitrogen and oxygen atoms in total. The van der Waals surface area contributed by atoms with E-state index < -0.39 is 0 Å². The molecule has 1 aromatic heterocycles. The summed E-state index contributed by atoms with van der Waals surface area (Å²) in [6.45, 7) is 3.38. The minimum absolute atomic E-state index is 0.186. The van der Waals surface area contributed by atoms with E-state index in [0.717, 1.165) is 18.8 Å². The van der Waals surface area contributed by atoms with Crippen molar-refractivity contribution in [1.82, 2.24) is 25.4 Å². The number of rotatable bonds is 7. The van der Waals surface area contributed by atoms with E-state index in [1.54, 1.807) is 10.9 Å². The highest BCUT2D eigenvalue weighted by atomic mass is 16.2. The van der Waals surface area contributed by atoms with Gasteiger partial charge in [-0.15, -0.1) is 10.2 Å². The lowest BCUT2D eigenvalue weighted by Gasteiger charge is -2.19. The van der Waals surface area contributed by atoms with Crippen molar-refractivity contribution in [3.05, 3.63) is 42.5 Å². The van der Waals surface area contributed by atoms with Crippen LogP contribution in [0.2, 0.25) is 0 Å². The van der Waals surface area contributed by atoms with E-state index in [2.05, 4.69) is 37.9 Å². The number of hydrogen-bond acceptors (Lipinski definition) is 4. The molecule has 1 atom stereocenters. The van der Waals surface area contributed by atoms with Crippen LogP contribution in [0, 0.1) is 0 Å². The number of nitrogens with one attached hydrogen (secondary N) is 2. The Balaban J connectivity index is 1.66. The van der Waals surface area contributed by atoms with Crippen molar-refractivity contribution in [2.75, 3.05) is 25.0 Å². The highest BCUT2D eigenvalue weighted by Gasteiger charge is 2.13. The molecule has 0 fully saturated rings. The van der Waals surface area contributed by atoms with E-state index in [-0.39, 0.29) is 12.1 Å². The van der Waals surface area contributed by atoms with Crippen LogP contribution in [0.25, 0.3) is 0 Å². The van der Waals surface area contributed by atoms with Crippen LogP contribution in [0.1, 0.15) is 25.2 Å². The normalized spacial score (nSPS) is 11.8. The molecular weight excluding hydrogens is 292 g/mol. The molecule has 23 heavy (non-hydrogen) atoms. The van der Waals surface area contributed by atoms with Crippen molar-refractivity contribution < 1.29 is 4.79 Å². The van der Waals surface area contributed by atoms with E-state index in [0.29, 0.717) is 6.54 Å². The Morgan fingerprint density at radius 2 is 2.09 bits per heavy atom. The van der Waals surface area contributed by atoms with Crippen molar-refractivity contribution in [3.8, 4) is 0 Å². The minimum Gasteiger partial charge on any atom is -0.375 e. The Morgan fingerprint density at radius 3 is 2.74 bits per heavy atom. The summed E-state index contributed by atoms with van der Waals surface area (Å²) >= 11 is 0. The number of nitrogens with zero attached hydrogens (tertiary/aromatic N) is 4. The van der Waals surface area contributed by atoms with Crippen LogP contribution in [-0.4, -0.2) is 40.9 Å². The Hall–Kier alpha value is -2.57. The molecule has 0 aliphatic rings. The van der Waals surface area contributed by atoms with Crippen molar-refractivity contribution in [2.24, 2.45) is 7.05 Å². The van der Waals surface area contributed by atoms with Gasteiger partial charge in [0.2, 0.25) is 0 Å². The predicted octanol–water partition coefficient (Wildman–Crippen LogP) is 1.70. The number of anilines is 1. The molecule has 0 saturated carbocycles. The summed E-state index contributed by atoms with van der Waals surface area (Å²) in [4.78, 5) is 14.0. The van der Waals surface area contributed by atoms with Crippen LogP contribution in [0.3, 0.4) is 0 Å². The standard InChI is InChI=1S/C16H24N6O/c1-13(15-20-18-12-22(15)3)19-16(23)17-10-7-11-21(2)14-8-5-4-6-9-14/h4-6,8-9,12-13H,7,10-11H2,1-3H3,(H2,17,19,23). The Bertz CT molecular complexity index is 612. The Labute approximate surface area is 136 Å². The van der Waals surface area contributed by atoms with Crippen molar-refractivity contribution in [3.63, 3.8) is 0 Å². The highest BCUT2D eigenvalue weighted by Crippen LogP contribution is 2.10. The number of aromatic nitrogens is 3. The zero-order valence-electron chi connectivity index (χ0n) is 13.9. The molecule has 0 aliphatic carbocycles. The lowest BCUT2D eigenvalue weighted by molar-refractivity contribution is 0.237. The van der Waals surface area contributed by atoms with Gasteiger partial charge in [-0.2, -0.15) is 0 Å². The average molecular weight is 316 g/mol. The maximum absolute atomic E-state index is 11.9. The topological polar surface area (TPSA) is 75.1 Å². The first-order chi connectivity index (χ1) is 11.1. The third kappa shape index (κ3) is 4.98. The van der Waals surface area contributed by atoms with Gasteiger partial charge in [-0.3, -0.25) is 0 Å². The molecule has 1 aromatic carbocycles. The number of urea groups is 1. The number of hydrogen-bond donors (Lipinski definition) is 2.